The lowest BCUT2D eigenvalue weighted by atomic mass is 10.2. The van der Waals surface area contributed by atoms with Crippen LogP contribution in [0, 0.1) is 0 Å². The molecule has 0 fully saturated rings. The molecule has 0 aliphatic heterocycles. The zero-order chi connectivity index (χ0) is 17.7. The summed E-state index contributed by atoms with van der Waals surface area (Å²) in [5, 5.41) is 2.63. The summed E-state index contributed by atoms with van der Waals surface area (Å²) in [6.45, 7) is -0.541. The van der Waals surface area contributed by atoms with Crippen LogP contribution in [0.3, 0.4) is 0 Å². The summed E-state index contributed by atoms with van der Waals surface area (Å²) >= 11 is 11.5. The van der Waals surface area contributed by atoms with Crippen molar-refractivity contribution < 1.29 is 19.1 Å². The van der Waals surface area contributed by atoms with Gasteiger partial charge in [-0.2, -0.15) is 0 Å². The van der Waals surface area contributed by atoms with Crippen LogP contribution >= 0.6 is 23.2 Å². The molecule has 2 amide bonds. The van der Waals surface area contributed by atoms with Crippen molar-refractivity contribution in [3.8, 4) is 0 Å². The zero-order valence-corrected chi connectivity index (χ0v) is 13.6. The number of hydrogen-bond donors (Lipinski definition) is 2. The molecule has 2 aromatic rings. The summed E-state index contributed by atoms with van der Waals surface area (Å²) in [4.78, 5) is 38.3. The number of nitrogens with two attached hydrogens (primary N) is 1. The highest BCUT2D eigenvalue weighted by Crippen LogP contribution is 2.17. The first-order valence-corrected chi connectivity index (χ1v) is 7.31. The quantitative estimate of drug-likeness (QED) is 0.621. The Balaban J connectivity index is 1.92. The van der Waals surface area contributed by atoms with E-state index in [4.69, 9.17) is 33.7 Å². The van der Waals surface area contributed by atoms with Crippen LogP contribution in [0.1, 0.15) is 20.8 Å². The first-order valence-electron chi connectivity index (χ1n) is 6.55. The van der Waals surface area contributed by atoms with Crippen LogP contribution in [0.4, 0.5) is 5.69 Å². The molecule has 0 aliphatic carbocycles. The van der Waals surface area contributed by atoms with Crippen molar-refractivity contribution in [3.63, 3.8) is 0 Å². The topological polar surface area (TPSA) is 111 Å². The van der Waals surface area contributed by atoms with Crippen LogP contribution in [0.5, 0.6) is 0 Å². The van der Waals surface area contributed by atoms with Crippen LogP contribution in [-0.4, -0.2) is 29.4 Å². The number of nitrogens with zero attached hydrogens (tertiary/aromatic N) is 1. The number of amides is 2. The molecule has 1 aromatic carbocycles. The van der Waals surface area contributed by atoms with Gasteiger partial charge >= 0.3 is 5.97 Å². The molecule has 124 valence electrons. The first-order chi connectivity index (χ1) is 11.4. The van der Waals surface area contributed by atoms with Gasteiger partial charge in [0.05, 0.1) is 5.02 Å². The van der Waals surface area contributed by atoms with E-state index >= 15 is 0 Å². The number of pyridine rings is 1. The predicted octanol–water partition coefficient (Wildman–Crippen LogP) is 2.28. The molecule has 1 aromatic heterocycles. The molecule has 0 aliphatic rings. The van der Waals surface area contributed by atoms with E-state index in [0.29, 0.717) is 11.3 Å². The van der Waals surface area contributed by atoms with E-state index in [9.17, 15) is 14.4 Å². The second kappa shape index (κ2) is 7.76. The summed E-state index contributed by atoms with van der Waals surface area (Å²) < 4.78 is 4.83. The van der Waals surface area contributed by atoms with Gasteiger partial charge in [-0.05, 0) is 36.4 Å². The summed E-state index contributed by atoms with van der Waals surface area (Å²) in [7, 11) is 0. The summed E-state index contributed by atoms with van der Waals surface area (Å²) in [5.74, 6) is -2.03. The minimum Gasteiger partial charge on any atom is -0.451 e. The number of carbonyl (C=O) groups excluding carboxylic acids is 3. The second-order valence-corrected chi connectivity index (χ2v) is 5.32. The average Bonchev–Trinajstić information content (AvgIpc) is 2.55. The highest BCUT2D eigenvalue weighted by atomic mass is 35.5. The Morgan fingerprint density at radius 1 is 1.08 bits per heavy atom. The maximum absolute atomic E-state index is 11.8. The largest absolute Gasteiger partial charge is 0.451 e. The van der Waals surface area contributed by atoms with Crippen molar-refractivity contribution in [2.75, 3.05) is 11.9 Å². The normalized spacial score (nSPS) is 10.1. The van der Waals surface area contributed by atoms with Crippen LogP contribution in [-0.2, 0) is 9.53 Å². The van der Waals surface area contributed by atoms with E-state index in [1.807, 2.05) is 0 Å². The van der Waals surface area contributed by atoms with Gasteiger partial charge in [-0.15, -0.1) is 0 Å². The van der Waals surface area contributed by atoms with E-state index in [1.54, 1.807) is 0 Å². The lowest BCUT2D eigenvalue weighted by Gasteiger charge is -2.07. The second-order valence-electron chi connectivity index (χ2n) is 4.53. The smallest absolute Gasteiger partial charge is 0.359 e. The molecule has 2 rings (SSSR count). The van der Waals surface area contributed by atoms with Crippen LogP contribution in [0.2, 0.25) is 10.2 Å². The van der Waals surface area contributed by atoms with Gasteiger partial charge in [0.25, 0.3) is 5.91 Å². The van der Waals surface area contributed by atoms with Gasteiger partial charge in [-0.1, -0.05) is 23.2 Å². The number of hydrogen-bond acceptors (Lipinski definition) is 5. The molecule has 7 nitrogen and oxygen atoms in total. The minimum absolute atomic E-state index is 0.0619. The maximum atomic E-state index is 11.8. The number of aromatic nitrogens is 1. The van der Waals surface area contributed by atoms with Crippen molar-refractivity contribution in [3.05, 3.63) is 57.8 Å². The third kappa shape index (κ3) is 4.68. The van der Waals surface area contributed by atoms with Gasteiger partial charge in [0.1, 0.15) is 5.15 Å². The average molecular weight is 368 g/mol. The highest BCUT2D eigenvalue weighted by molar-refractivity contribution is 6.34. The number of carbonyl (C=O) groups is 3. The Morgan fingerprint density at radius 2 is 1.75 bits per heavy atom. The monoisotopic (exact) mass is 367 g/mol. The third-order valence-electron chi connectivity index (χ3n) is 2.79. The Morgan fingerprint density at radius 3 is 2.38 bits per heavy atom. The van der Waals surface area contributed by atoms with Crippen LogP contribution < -0.4 is 11.1 Å². The molecule has 24 heavy (non-hydrogen) atoms. The van der Waals surface area contributed by atoms with Crippen molar-refractivity contribution >= 4 is 46.7 Å². The molecule has 0 atom stereocenters. The van der Waals surface area contributed by atoms with Gasteiger partial charge < -0.3 is 15.8 Å². The van der Waals surface area contributed by atoms with Crippen molar-refractivity contribution in [2.24, 2.45) is 5.73 Å². The fourth-order valence-electron chi connectivity index (χ4n) is 1.68. The number of esters is 1. The Bertz CT molecular complexity index is 794. The number of nitrogens with one attached hydrogen (secondary N) is 1. The highest BCUT2D eigenvalue weighted by Gasteiger charge is 2.16. The number of benzene rings is 1. The van der Waals surface area contributed by atoms with Gasteiger partial charge in [0.2, 0.25) is 5.91 Å². The Labute approximate surface area is 146 Å². The molecule has 0 saturated heterocycles. The number of anilines is 1. The summed E-state index contributed by atoms with van der Waals surface area (Å²) in [5.41, 5.74) is 5.66. The molecular formula is C15H11Cl2N3O4. The zero-order valence-electron chi connectivity index (χ0n) is 12.1. The van der Waals surface area contributed by atoms with Gasteiger partial charge in [-0.3, -0.25) is 9.59 Å². The first kappa shape index (κ1) is 17.7. The predicted molar refractivity (Wildman–Crippen MR) is 88.1 cm³/mol. The number of primary amides is 1. The molecular weight excluding hydrogens is 357 g/mol. The van der Waals surface area contributed by atoms with Gasteiger partial charge in [0, 0.05) is 11.3 Å². The number of rotatable bonds is 5. The molecule has 0 saturated carbocycles. The molecule has 0 radical (unpaired) electrons. The van der Waals surface area contributed by atoms with Gasteiger partial charge in [0.15, 0.2) is 12.3 Å². The standard InChI is InChI=1S/C15H11Cl2N3O4/c16-10-5-6-11(17)20-13(10)15(23)24-7-12(21)19-9-3-1-8(2-4-9)14(18)22/h1-6H,7H2,(H2,18,22)(H,19,21). The molecule has 1 heterocycles. The summed E-state index contributed by atoms with van der Waals surface area (Å²) in [6, 6.07) is 8.72. The number of ether oxygens (including phenoxy) is 1. The molecule has 0 spiro atoms. The fraction of sp³-hybridized carbons (Fsp3) is 0.0667. The Kier molecular flexibility index (Phi) is 5.73. The molecule has 0 bridgehead atoms. The SMILES string of the molecule is NC(=O)c1ccc(NC(=O)COC(=O)c2nc(Cl)ccc2Cl)cc1. The number of halogens is 2. The molecule has 0 unspecified atom stereocenters. The van der Waals surface area contributed by atoms with Gasteiger partial charge in [-0.25, -0.2) is 9.78 Å². The van der Waals surface area contributed by atoms with Crippen molar-refractivity contribution in [2.45, 2.75) is 0 Å². The van der Waals surface area contributed by atoms with Crippen LogP contribution in [0.25, 0.3) is 0 Å². The molecule has 3 N–H and O–H groups in total. The van der Waals surface area contributed by atoms with E-state index in [2.05, 4.69) is 10.3 Å². The third-order valence-corrected chi connectivity index (χ3v) is 3.31. The Hall–Kier alpha value is -2.64. The fourth-order valence-corrected chi connectivity index (χ4v) is 2.01. The lowest BCUT2D eigenvalue weighted by molar-refractivity contribution is -0.119. The van der Waals surface area contributed by atoms with E-state index < -0.39 is 24.4 Å². The van der Waals surface area contributed by atoms with E-state index in [0.717, 1.165) is 0 Å². The maximum Gasteiger partial charge on any atom is 0.359 e. The minimum atomic E-state index is -0.873. The van der Waals surface area contributed by atoms with Crippen molar-refractivity contribution in [1.82, 2.24) is 4.98 Å². The van der Waals surface area contributed by atoms with Crippen LogP contribution in [0.15, 0.2) is 36.4 Å². The summed E-state index contributed by atoms with van der Waals surface area (Å²) in [6.07, 6.45) is 0. The van der Waals surface area contributed by atoms with E-state index in [-0.39, 0.29) is 15.9 Å². The van der Waals surface area contributed by atoms with Crippen molar-refractivity contribution in [1.29, 1.82) is 0 Å². The molecule has 9 heteroatoms. The lowest BCUT2D eigenvalue weighted by Crippen LogP contribution is -2.21. The van der Waals surface area contributed by atoms with E-state index in [1.165, 1.54) is 36.4 Å².